The Bertz CT molecular complexity index is 297. The highest BCUT2D eigenvalue weighted by molar-refractivity contribution is 5.37. The summed E-state index contributed by atoms with van der Waals surface area (Å²) in [5.74, 6) is 1.73. The van der Waals surface area contributed by atoms with Crippen molar-refractivity contribution in [3.8, 4) is 11.6 Å². The summed E-state index contributed by atoms with van der Waals surface area (Å²) < 4.78 is 10.5. The predicted molar refractivity (Wildman–Crippen MR) is 56.0 cm³/mol. The van der Waals surface area contributed by atoms with Crippen LogP contribution in [0.4, 0.5) is 0 Å². The number of methoxy groups -OCH3 is 1. The Morgan fingerprint density at radius 3 is 2.64 bits per heavy atom. The van der Waals surface area contributed by atoms with Gasteiger partial charge in [0.2, 0.25) is 0 Å². The van der Waals surface area contributed by atoms with Crippen LogP contribution in [0.15, 0.2) is 12.3 Å². The van der Waals surface area contributed by atoms with E-state index in [1.54, 1.807) is 7.11 Å². The van der Waals surface area contributed by atoms with Crippen molar-refractivity contribution in [2.75, 3.05) is 13.7 Å². The molecule has 0 unspecified atom stereocenters. The molecule has 0 atom stereocenters. The van der Waals surface area contributed by atoms with Crippen LogP contribution < -0.4 is 9.47 Å². The Labute approximate surface area is 85.1 Å². The number of rotatable bonds is 4. The molecular formula is C11H17NO2. The van der Waals surface area contributed by atoms with Crippen LogP contribution >= 0.6 is 0 Å². The normalized spacial score (nSPS) is 10.4. The molecule has 0 saturated carbocycles. The van der Waals surface area contributed by atoms with Gasteiger partial charge in [0.15, 0.2) is 5.75 Å². The van der Waals surface area contributed by atoms with Gasteiger partial charge in [0.1, 0.15) is 0 Å². The molecule has 0 radical (unpaired) electrons. The Hall–Kier alpha value is -1.25. The summed E-state index contributed by atoms with van der Waals surface area (Å²) in [5.41, 5.74) is 1.16. The number of hydrogen-bond donors (Lipinski definition) is 0. The number of hydrogen-bond acceptors (Lipinski definition) is 3. The Kier molecular flexibility index (Phi) is 3.74. The third kappa shape index (κ3) is 2.37. The molecule has 14 heavy (non-hydrogen) atoms. The molecular weight excluding hydrogens is 178 g/mol. The van der Waals surface area contributed by atoms with Gasteiger partial charge in [-0.2, -0.15) is 0 Å². The van der Waals surface area contributed by atoms with E-state index in [1.165, 1.54) is 0 Å². The van der Waals surface area contributed by atoms with Crippen LogP contribution in [0, 0.1) is 0 Å². The third-order valence-corrected chi connectivity index (χ3v) is 2.01. The average molecular weight is 195 g/mol. The molecule has 0 bridgehead atoms. The summed E-state index contributed by atoms with van der Waals surface area (Å²) in [4.78, 5) is 4.21. The minimum absolute atomic E-state index is 0.451. The molecule has 1 aromatic heterocycles. The first kappa shape index (κ1) is 10.8. The van der Waals surface area contributed by atoms with Crippen LogP contribution in [0.2, 0.25) is 0 Å². The Balaban J connectivity index is 2.98. The maximum Gasteiger partial charge on any atom is 0.256 e. The standard InChI is InChI=1S/C11H17NO2/c1-5-14-11-10(13-4)6-9(7-12-11)8(2)3/h6-8H,5H2,1-4H3. The molecule has 0 N–H and O–H groups in total. The zero-order valence-electron chi connectivity index (χ0n) is 9.20. The molecule has 0 aliphatic rings. The van der Waals surface area contributed by atoms with Crippen molar-refractivity contribution >= 4 is 0 Å². The van der Waals surface area contributed by atoms with Gasteiger partial charge in [-0.3, -0.25) is 0 Å². The first-order valence-electron chi connectivity index (χ1n) is 4.85. The lowest BCUT2D eigenvalue weighted by molar-refractivity contribution is 0.298. The van der Waals surface area contributed by atoms with Gasteiger partial charge in [0, 0.05) is 6.20 Å². The summed E-state index contributed by atoms with van der Waals surface area (Å²) in [5, 5.41) is 0. The number of pyridine rings is 1. The van der Waals surface area contributed by atoms with Gasteiger partial charge < -0.3 is 9.47 Å². The lowest BCUT2D eigenvalue weighted by atomic mass is 10.1. The minimum Gasteiger partial charge on any atom is -0.491 e. The van der Waals surface area contributed by atoms with E-state index in [-0.39, 0.29) is 0 Å². The van der Waals surface area contributed by atoms with Crippen molar-refractivity contribution in [3.05, 3.63) is 17.8 Å². The summed E-state index contributed by atoms with van der Waals surface area (Å²) in [6.07, 6.45) is 1.83. The number of aromatic nitrogens is 1. The van der Waals surface area contributed by atoms with Crippen molar-refractivity contribution in [2.24, 2.45) is 0 Å². The predicted octanol–water partition coefficient (Wildman–Crippen LogP) is 2.61. The molecule has 3 nitrogen and oxygen atoms in total. The highest BCUT2D eigenvalue weighted by atomic mass is 16.5. The third-order valence-electron chi connectivity index (χ3n) is 2.01. The van der Waals surface area contributed by atoms with E-state index in [2.05, 4.69) is 18.8 Å². The molecule has 0 aliphatic heterocycles. The second kappa shape index (κ2) is 4.84. The zero-order chi connectivity index (χ0) is 10.6. The molecule has 1 aromatic rings. The van der Waals surface area contributed by atoms with Crippen molar-refractivity contribution in [2.45, 2.75) is 26.7 Å². The van der Waals surface area contributed by atoms with E-state index in [0.29, 0.717) is 24.2 Å². The Morgan fingerprint density at radius 1 is 1.43 bits per heavy atom. The van der Waals surface area contributed by atoms with Gasteiger partial charge in [0.25, 0.3) is 5.88 Å². The van der Waals surface area contributed by atoms with Crippen LogP contribution in [-0.2, 0) is 0 Å². The average Bonchev–Trinajstić information content (AvgIpc) is 2.18. The highest BCUT2D eigenvalue weighted by Crippen LogP contribution is 2.27. The monoisotopic (exact) mass is 195 g/mol. The first-order chi connectivity index (χ1) is 6.69. The molecule has 0 saturated heterocycles. The molecule has 0 amide bonds. The fraction of sp³-hybridized carbons (Fsp3) is 0.545. The van der Waals surface area contributed by atoms with Crippen molar-refractivity contribution in [3.63, 3.8) is 0 Å². The van der Waals surface area contributed by atoms with E-state index in [1.807, 2.05) is 19.2 Å². The molecule has 1 heterocycles. The lowest BCUT2D eigenvalue weighted by Gasteiger charge is -2.11. The molecule has 78 valence electrons. The second-order valence-corrected chi connectivity index (χ2v) is 3.36. The van der Waals surface area contributed by atoms with Gasteiger partial charge >= 0.3 is 0 Å². The van der Waals surface area contributed by atoms with Gasteiger partial charge in [-0.15, -0.1) is 0 Å². The van der Waals surface area contributed by atoms with Crippen LogP contribution in [0.3, 0.4) is 0 Å². The summed E-state index contributed by atoms with van der Waals surface area (Å²) in [7, 11) is 1.63. The summed E-state index contributed by atoms with van der Waals surface area (Å²) in [6, 6.07) is 1.97. The van der Waals surface area contributed by atoms with Gasteiger partial charge in [-0.05, 0) is 24.5 Å². The summed E-state index contributed by atoms with van der Waals surface area (Å²) in [6.45, 7) is 6.77. The van der Waals surface area contributed by atoms with Crippen molar-refractivity contribution in [1.29, 1.82) is 0 Å². The zero-order valence-corrected chi connectivity index (χ0v) is 9.20. The van der Waals surface area contributed by atoms with Crippen molar-refractivity contribution in [1.82, 2.24) is 4.98 Å². The van der Waals surface area contributed by atoms with Crippen molar-refractivity contribution < 1.29 is 9.47 Å². The topological polar surface area (TPSA) is 31.4 Å². The quantitative estimate of drug-likeness (QED) is 0.740. The fourth-order valence-electron chi connectivity index (χ4n) is 1.15. The molecule has 0 spiro atoms. The molecule has 1 rings (SSSR count). The van der Waals surface area contributed by atoms with E-state index in [9.17, 15) is 0 Å². The lowest BCUT2D eigenvalue weighted by Crippen LogP contribution is -1.99. The number of ether oxygens (including phenoxy) is 2. The number of nitrogens with zero attached hydrogens (tertiary/aromatic N) is 1. The van der Waals surface area contributed by atoms with Gasteiger partial charge in [0.05, 0.1) is 13.7 Å². The fourth-order valence-corrected chi connectivity index (χ4v) is 1.15. The maximum absolute atomic E-state index is 5.33. The van der Waals surface area contributed by atoms with E-state index in [0.717, 1.165) is 5.56 Å². The molecule has 0 fully saturated rings. The van der Waals surface area contributed by atoms with E-state index in [4.69, 9.17) is 9.47 Å². The summed E-state index contributed by atoms with van der Waals surface area (Å²) >= 11 is 0. The molecule has 3 heteroatoms. The van der Waals surface area contributed by atoms with E-state index < -0.39 is 0 Å². The minimum atomic E-state index is 0.451. The smallest absolute Gasteiger partial charge is 0.256 e. The SMILES string of the molecule is CCOc1ncc(C(C)C)cc1OC. The van der Waals surface area contributed by atoms with Crippen LogP contribution in [0.25, 0.3) is 0 Å². The second-order valence-electron chi connectivity index (χ2n) is 3.36. The van der Waals surface area contributed by atoms with Crippen LogP contribution in [0.5, 0.6) is 11.6 Å². The first-order valence-corrected chi connectivity index (χ1v) is 4.85. The Morgan fingerprint density at radius 2 is 2.14 bits per heavy atom. The highest BCUT2D eigenvalue weighted by Gasteiger charge is 2.08. The molecule has 0 aliphatic carbocycles. The van der Waals surface area contributed by atoms with Crippen LogP contribution in [0.1, 0.15) is 32.3 Å². The molecule has 0 aromatic carbocycles. The maximum atomic E-state index is 5.33. The largest absolute Gasteiger partial charge is 0.491 e. The van der Waals surface area contributed by atoms with Gasteiger partial charge in [-0.25, -0.2) is 4.98 Å². The van der Waals surface area contributed by atoms with E-state index >= 15 is 0 Å². The van der Waals surface area contributed by atoms with Crippen LogP contribution in [-0.4, -0.2) is 18.7 Å². The van der Waals surface area contributed by atoms with Gasteiger partial charge in [-0.1, -0.05) is 13.8 Å².